The van der Waals surface area contributed by atoms with Crippen LogP contribution in [0.15, 0.2) is 59.7 Å². The number of hydrogen-bond donors (Lipinski definition) is 1. The van der Waals surface area contributed by atoms with E-state index in [4.69, 9.17) is 9.47 Å². The molecule has 2 aromatic rings. The second-order valence-corrected chi connectivity index (χ2v) is 5.52. The fourth-order valence-electron chi connectivity index (χ4n) is 2.11. The van der Waals surface area contributed by atoms with Crippen LogP contribution in [0.5, 0.6) is 11.5 Å². The lowest BCUT2D eigenvalue weighted by molar-refractivity contribution is -0.123. The Bertz CT molecular complexity index is 680. The third-order valence-corrected chi connectivity index (χ3v) is 3.35. The summed E-state index contributed by atoms with van der Waals surface area (Å²) in [6.07, 6.45) is 0. The molecule has 0 atom stereocenters. The molecular formula is C19H22N2O3. The number of carbonyl (C=O) groups is 1. The van der Waals surface area contributed by atoms with E-state index in [1.165, 1.54) is 0 Å². The molecule has 2 rings (SSSR count). The van der Waals surface area contributed by atoms with E-state index in [2.05, 4.69) is 10.5 Å². The Labute approximate surface area is 142 Å². The van der Waals surface area contributed by atoms with Crippen molar-refractivity contribution in [3.63, 3.8) is 0 Å². The van der Waals surface area contributed by atoms with Gasteiger partial charge in [-0.3, -0.25) is 4.79 Å². The van der Waals surface area contributed by atoms with Crippen LogP contribution in [0.3, 0.4) is 0 Å². The normalized spacial score (nSPS) is 11.2. The zero-order valence-corrected chi connectivity index (χ0v) is 14.2. The molecule has 5 heteroatoms. The predicted octanol–water partition coefficient (Wildman–Crippen LogP) is 3.25. The number of nitrogens with one attached hydrogen (secondary N) is 1. The van der Waals surface area contributed by atoms with Gasteiger partial charge in [-0.25, -0.2) is 5.43 Å². The van der Waals surface area contributed by atoms with Crippen molar-refractivity contribution in [3.05, 3.63) is 60.2 Å². The van der Waals surface area contributed by atoms with Crippen LogP contribution in [0.1, 0.15) is 19.4 Å². The highest BCUT2D eigenvalue weighted by Gasteiger charge is 2.09. The monoisotopic (exact) mass is 326 g/mol. The van der Waals surface area contributed by atoms with Gasteiger partial charge in [-0.15, -0.1) is 0 Å². The summed E-state index contributed by atoms with van der Waals surface area (Å²) < 4.78 is 10.5. The molecule has 0 heterocycles. The third-order valence-electron chi connectivity index (χ3n) is 3.35. The number of ether oxygens (including phenoxy) is 2. The number of benzene rings is 2. The fourth-order valence-corrected chi connectivity index (χ4v) is 2.11. The van der Waals surface area contributed by atoms with E-state index < -0.39 is 0 Å². The van der Waals surface area contributed by atoms with Gasteiger partial charge in [0, 0.05) is 0 Å². The van der Waals surface area contributed by atoms with Gasteiger partial charge < -0.3 is 9.47 Å². The molecule has 24 heavy (non-hydrogen) atoms. The number of carbonyl (C=O) groups excluding carboxylic acids is 1. The van der Waals surface area contributed by atoms with Gasteiger partial charge in [0.05, 0.1) is 12.8 Å². The molecule has 0 unspecified atom stereocenters. The van der Waals surface area contributed by atoms with Gasteiger partial charge in [-0.1, -0.05) is 44.2 Å². The molecule has 1 N–H and O–H groups in total. The molecule has 0 spiro atoms. The van der Waals surface area contributed by atoms with Crippen molar-refractivity contribution in [1.29, 1.82) is 0 Å². The topological polar surface area (TPSA) is 59.9 Å². The summed E-state index contributed by atoms with van der Waals surface area (Å²) in [6, 6.07) is 16.8. The maximum atomic E-state index is 11.9. The first-order chi connectivity index (χ1) is 11.6. The zero-order valence-electron chi connectivity index (χ0n) is 14.2. The smallest absolute Gasteiger partial charge is 0.277 e. The maximum Gasteiger partial charge on any atom is 0.277 e. The summed E-state index contributed by atoms with van der Waals surface area (Å²) in [5.74, 6) is 1.22. The van der Waals surface area contributed by atoms with Crippen LogP contribution in [0, 0.1) is 5.92 Å². The van der Waals surface area contributed by atoms with Crippen LogP contribution >= 0.6 is 0 Å². The Morgan fingerprint density at radius 2 is 1.67 bits per heavy atom. The molecule has 0 fully saturated rings. The first kappa shape index (κ1) is 17.5. The van der Waals surface area contributed by atoms with Gasteiger partial charge in [0.25, 0.3) is 5.91 Å². The third kappa shape index (κ3) is 5.12. The summed E-state index contributed by atoms with van der Waals surface area (Å²) >= 11 is 0. The van der Waals surface area contributed by atoms with Gasteiger partial charge in [-0.2, -0.15) is 5.10 Å². The molecule has 0 aliphatic carbocycles. The largest absolute Gasteiger partial charge is 0.497 e. The van der Waals surface area contributed by atoms with Crippen LogP contribution in [0.4, 0.5) is 0 Å². The molecule has 0 saturated carbocycles. The molecule has 0 saturated heterocycles. The molecule has 0 aliphatic heterocycles. The lowest BCUT2D eigenvalue weighted by Gasteiger charge is -2.11. The van der Waals surface area contributed by atoms with E-state index in [1.54, 1.807) is 31.4 Å². The van der Waals surface area contributed by atoms with Crippen molar-refractivity contribution >= 4 is 11.6 Å². The molecule has 0 bridgehead atoms. The Balaban J connectivity index is 1.92. The van der Waals surface area contributed by atoms with E-state index in [9.17, 15) is 4.79 Å². The van der Waals surface area contributed by atoms with E-state index >= 15 is 0 Å². The van der Waals surface area contributed by atoms with Gasteiger partial charge in [0.2, 0.25) is 0 Å². The number of amides is 1. The summed E-state index contributed by atoms with van der Waals surface area (Å²) in [7, 11) is 1.60. The molecule has 126 valence electrons. The average Bonchev–Trinajstić information content (AvgIpc) is 2.61. The minimum Gasteiger partial charge on any atom is -0.497 e. The highest BCUT2D eigenvalue weighted by atomic mass is 16.5. The van der Waals surface area contributed by atoms with E-state index in [0.29, 0.717) is 5.75 Å². The predicted molar refractivity (Wildman–Crippen MR) is 94.4 cm³/mol. The van der Waals surface area contributed by atoms with Gasteiger partial charge >= 0.3 is 0 Å². The van der Waals surface area contributed by atoms with Crippen molar-refractivity contribution < 1.29 is 14.3 Å². The Kier molecular flexibility index (Phi) is 6.37. The number of hydrogen-bond acceptors (Lipinski definition) is 4. The second-order valence-electron chi connectivity index (χ2n) is 5.52. The summed E-state index contributed by atoms with van der Waals surface area (Å²) in [5.41, 5.74) is 4.37. The average molecular weight is 326 g/mol. The minimum atomic E-state index is -0.306. The number of nitrogens with zero attached hydrogens (tertiary/aromatic N) is 1. The number of rotatable bonds is 7. The van der Waals surface area contributed by atoms with Gasteiger partial charge in [0.15, 0.2) is 6.61 Å². The molecule has 2 aromatic carbocycles. The van der Waals surface area contributed by atoms with Crippen LogP contribution in [-0.4, -0.2) is 25.3 Å². The van der Waals surface area contributed by atoms with Crippen molar-refractivity contribution in [2.24, 2.45) is 11.0 Å². The lowest BCUT2D eigenvalue weighted by Crippen LogP contribution is -2.27. The lowest BCUT2D eigenvalue weighted by atomic mass is 10.0. The van der Waals surface area contributed by atoms with Crippen molar-refractivity contribution in [2.45, 2.75) is 13.8 Å². The Hall–Kier alpha value is -2.82. The Morgan fingerprint density at radius 1 is 1.04 bits per heavy atom. The van der Waals surface area contributed by atoms with E-state index in [1.807, 2.05) is 44.2 Å². The van der Waals surface area contributed by atoms with Crippen LogP contribution in [-0.2, 0) is 4.79 Å². The molecule has 5 nitrogen and oxygen atoms in total. The Morgan fingerprint density at radius 3 is 2.25 bits per heavy atom. The van der Waals surface area contributed by atoms with E-state index in [0.717, 1.165) is 17.0 Å². The van der Waals surface area contributed by atoms with Crippen molar-refractivity contribution in [2.75, 3.05) is 13.7 Å². The van der Waals surface area contributed by atoms with Gasteiger partial charge in [-0.05, 0) is 35.7 Å². The molecule has 0 aliphatic rings. The second kappa shape index (κ2) is 8.72. The van der Waals surface area contributed by atoms with Crippen molar-refractivity contribution in [3.8, 4) is 11.5 Å². The van der Waals surface area contributed by atoms with Crippen LogP contribution in [0.25, 0.3) is 0 Å². The first-order valence-corrected chi connectivity index (χ1v) is 7.79. The standard InChI is InChI=1S/C19H22N2O3/c1-14(2)19(15-7-5-4-6-8-15)21-20-18(22)13-24-17-11-9-16(23-3)10-12-17/h4-12,14H,13H2,1-3H3,(H,20,22)/b21-19+. The maximum absolute atomic E-state index is 11.9. The molecule has 0 radical (unpaired) electrons. The SMILES string of the molecule is COc1ccc(OCC(=O)N/N=C(/c2ccccc2)C(C)C)cc1. The van der Waals surface area contributed by atoms with Gasteiger partial charge in [0.1, 0.15) is 11.5 Å². The molecule has 1 amide bonds. The van der Waals surface area contributed by atoms with Crippen LogP contribution < -0.4 is 14.9 Å². The highest BCUT2D eigenvalue weighted by Crippen LogP contribution is 2.16. The molecular weight excluding hydrogens is 304 g/mol. The summed E-state index contributed by atoms with van der Waals surface area (Å²) in [6.45, 7) is 3.97. The number of methoxy groups -OCH3 is 1. The number of hydrazone groups is 1. The summed E-state index contributed by atoms with van der Waals surface area (Å²) in [4.78, 5) is 11.9. The quantitative estimate of drug-likeness (QED) is 0.627. The van der Waals surface area contributed by atoms with Crippen LogP contribution in [0.2, 0.25) is 0 Å². The zero-order chi connectivity index (χ0) is 17.4. The molecule has 0 aromatic heterocycles. The van der Waals surface area contributed by atoms with E-state index in [-0.39, 0.29) is 18.4 Å². The fraction of sp³-hybridized carbons (Fsp3) is 0.263. The minimum absolute atomic E-state index is 0.101. The van der Waals surface area contributed by atoms with Crippen molar-refractivity contribution in [1.82, 2.24) is 5.43 Å². The highest BCUT2D eigenvalue weighted by molar-refractivity contribution is 6.02. The first-order valence-electron chi connectivity index (χ1n) is 7.79. The summed E-state index contributed by atoms with van der Waals surface area (Å²) in [5, 5.41) is 4.25.